The summed E-state index contributed by atoms with van der Waals surface area (Å²) in [6.45, 7) is 0.125. The van der Waals surface area contributed by atoms with Crippen LogP contribution in [-0.2, 0) is 4.79 Å². The summed E-state index contributed by atoms with van der Waals surface area (Å²) in [6, 6.07) is 9.57. The van der Waals surface area contributed by atoms with Gasteiger partial charge in [-0.15, -0.1) is 0 Å². The quantitative estimate of drug-likeness (QED) is 0.667. The van der Waals surface area contributed by atoms with Crippen LogP contribution in [0, 0.1) is 0 Å². The van der Waals surface area contributed by atoms with Gasteiger partial charge in [-0.25, -0.2) is 4.79 Å². The lowest BCUT2D eigenvalue weighted by molar-refractivity contribution is -0.130. The highest BCUT2D eigenvalue weighted by molar-refractivity contribution is 6.20. The van der Waals surface area contributed by atoms with E-state index >= 15 is 0 Å². The van der Waals surface area contributed by atoms with Gasteiger partial charge in [-0.1, -0.05) is 12.1 Å². The first-order chi connectivity index (χ1) is 11.1. The third-order valence-electron chi connectivity index (χ3n) is 3.43. The molecule has 1 heterocycles. The van der Waals surface area contributed by atoms with Crippen LogP contribution < -0.4 is 14.2 Å². The van der Waals surface area contributed by atoms with Crippen LogP contribution in [0.1, 0.15) is 11.1 Å². The van der Waals surface area contributed by atoms with E-state index in [0.29, 0.717) is 22.6 Å². The third-order valence-corrected chi connectivity index (χ3v) is 3.43. The Kier molecular flexibility index (Phi) is 3.80. The van der Waals surface area contributed by atoms with Gasteiger partial charge in [0.05, 0.1) is 12.7 Å². The molecular formula is C17H14O6. The smallest absolute Gasteiger partial charge is 0.336 e. The average Bonchev–Trinajstić information content (AvgIpc) is 3.01. The highest BCUT2D eigenvalue weighted by Crippen LogP contribution is 2.35. The molecule has 0 radical (unpaired) electrons. The molecule has 2 aromatic carbocycles. The predicted octanol–water partition coefficient (Wildman–Crippen LogP) is 2.75. The summed E-state index contributed by atoms with van der Waals surface area (Å²) < 4.78 is 15.5. The largest absolute Gasteiger partial charge is 0.504 e. The standard InChI is InChI=1S/C17H14O6/c1-21-15-7-10(2-4-13(15)18)6-12(17(19)20)11-3-5-14-16(8-11)23-9-22-14/h2-8,18H,9H2,1H3,(H,19,20)/b12-6-. The van der Waals surface area contributed by atoms with E-state index in [9.17, 15) is 15.0 Å². The molecule has 0 aromatic heterocycles. The summed E-state index contributed by atoms with van der Waals surface area (Å²) >= 11 is 0. The van der Waals surface area contributed by atoms with Crippen molar-refractivity contribution in [3.63, 3.8) is 0 Å². The molecule has 0 fully saturated rings. The number of carbonyl (C=O) groups is 1. The van der Waals surface area contributed by atoms with Gasteiger partial charge in [0.15, 0.2) is 23.0 Å². The Bertz CT molecular complexity index is 794. The van der Waals surface area contributed by atoms with Crippen molar-refractivity contribution in [3.05, 3.63) is 47.5 Å². The molecule has 1 aliphatic rings. The fraction of sp³-hybridized carbons (Fsp3) is 0.118. The summed E-state index contributed by atoms with van der Waals surface area (Å²) in [4.78, 5) is 11.6. The molecule has 0 saturated carbocycles. The van der Waals surface area contributed by atoms with E-state index in [4.69, 9.17) is 14.2 Å². The first-order valence-corrected chi connectivity index (χ1v) is 6.80. The van der Waals surface area contributed by atoms with Crippen molar-refractivity contribution in [1.82, 2.24) is 0 Å². The highest BCUT2D eigenvalue weighted by Gasteiger charge is 2.18. The maximum absolute atomic E-state index is 11.6. The molecule has 23 heavy (non-hydrogen) atoms. The summed E-state index contributed by atoms with van der Waals surface area (Å²) in [5.41, 5.74) is 1.18. The Labute approximate surface area is 132 Å². The Hall–Kier alpha value is -3.15. The number of aliphatic carboxylic acids is 1. The van der Waals surface area contributed by atoms with Crippen LogP contribution in [0.3, 0.4) is 0 Å². The minimum atomic E-state index is -1.07. The maximum atomic E-state index is 11.6. The van der Waals surface area contributed by atoms with E-state index in [-0.39, 0.29) is 23.9 Å². The molecule has 2 N–H and O–H groups in total. The number of fused-ring (bicyclic) bond motifs is 1. The number of phenols is 1. The van der Waals surface area contributed by atoms with Crippen LogP contribution in [0.5, 0.6) is 23.0 Å². The molecule has 0 bridgehead atoms. The average molecular weight is 314 g/mol. The van der Waals surface area contributed by atoms with Crippen LogP contribution >= 0.6 is 0 Å². The first kappa shape index (κ1) is 14.8. The van der Waals surface area contributed by atoms with Crippen LogP contribution in [-0.4, -0.2) is 30.1 Å². The lowest BCUT2D eigenvalue weighted by Crippen LogP contribution is -2.00. The summed E-state index contributed by atoms with van der Waals surface area (Å²) in [5, 5.41) is 19.1. The Morgan fingerprint density at radius 1 is 1.17 bits per heavy atom. The molecular weight excluding hydrogens is 300 g/mol. The molecule has 0 spiro atoms. The number of phenolic OH excluding ortho intramolecular Hbond substituents is 1. The number of ether oxygens (including phenoxy) is 3. The van der Waals surface area contributed by atoms with Crippen molar-refractivity contribution in [1.29, 1.82) is 0 Å². The molecule has 0 unspecified atom stereocenters. The number of rotatable bonds is 4. The van der Waals surface area contributed by atoms with E-state index in [1.807, 2.05) is 0 Å². The lowest BCUT2D eigenvalue weighted by Gasteiger charge is -2.07. The molecule has 0 atom stereocenters. The maximum Gasteiger partial charge on any atom is 0.336 e. The van der Waals surface area contributed by atoms with Gasteiger partial charge >= 0.3 is 5.97 Å². The predicted molar refractivity (Wildman–Crippen MR) is 82.7 cm³/mol. The number of aromatic hydroxyl groups is 1. The zero-order valence-electron chi connectivity index (χ0n) is 12.3. The van der Waals surface area contributed by atoms with Crippen molar-refractivity contribution in [2.24, 2.45) is 0 Å². The highest BCUT2D eigenvalue weighted by atomic mass is 16.7. The van der Waals surface area contributed by atoms with Crippen molar-refractivity contribution in [2.45, 2.75) is 0 Å². The van der Waals surface area contributed by atoms with Gasteiger partial charge in [0.25, 0.3) is 0 Å². The number of carboxylic acids is 1. The van der Waals surface area contributed by atoms with Gasteiger partial charge in [-0.3, -0.25) is 0 Å². The van der Waals surface area contributed by atoms with E-state index in [1.54, 1.807) is 30.3 Å². The van der Waals surface area contributed by atoms with E-state index in [0.717, 1.165) is 0 Å². The van der Waals surface area contributed by atoms with Gasteiger partial charge in [-0.05, 0) is 41.5 Å². The van der Waals surface area contributed by atoms with Crippen molar-refractivity contribution in [2.75, 3.05) is 13.9 Å². The molecule has 0 saturated heterocycles. The summed E-state index contributed by atoms with van der Waals surface area (Å²) in [5.74, 6) is 0.289. The molecule has 6 nitrogen and oxygen atoms in total. The molecule has 3 rings (SSSR count). The minimum Gasteiger partial charge on any atom is -0.504 e. The number of hydrogen-bond acceptors (Lipinski definition) is 5. The Morgan fingerprint density at radius 2 is 1.96 bits per heavy atom. The van der Waals surface area contributed by atoms with E-state index in [2.05, 4.69) is 0 Å². The summed E-state index contributed by atoms with van der Waals surface area (Å²) in [6.07, 6.45) is 1.50. The number of benzene rings is 2. The molecule has 6 heteroatoms. The van der Waals surface area contributed by atoms with Crippen LogP contribution in [0.2, 0.25) is 0 Å². The third kappa shape index (κ3) is 2.91. The first-order valence-electron chi connectivity index (χ1n) is 6.80. The SMILES string of the molecule is COc1cc(/C=C(\C(=O)O)c2ccc3c(c2)OCO3)ccc1O. The van der Waals surface area contributed by atoms with Crippen molar-refractivity contribution in [3.8, 4) is 23.0 Å². The number of hydrogen-bond donors (Lipinski definition) is 2. The van der Waals surface area contributed by atoms with Gasteiger partial charge in [0, 0.05) is 0 Å². The molecule has 0 aliphatic carbocycles. The van der Waals surface area contributed by atoms with E-state index < -0.39 is 5.97 Å². The van der Waals surface area contributed by atoms with Crippen LogP contribution in [0.4, 0.5) is 0 Å². The van der Waals surface area contributed by atoms with E-state index in [1.165, 1.54) is 19.3 Å². The second-order valence-electron chi connectivity index (χ2n) is 4.86. The number of methoxy groups -OCH3 is 1. The molecule has 118 valence electrons. The fourth-order valence-corrected chi connectivity index (χ4v) is 2.28. The Morgan fingerprint density at radius 3 is 2.70 bits per heavy atom. The molecule has 0 amide bonds. The summed E-state index contributed by atoms with van der Waals surface area (Å²) in [7, 11) is 1.43. The zero-order chi connectivity index (χ0) is 16.4. The topological polar surface area (TPSA) is 85.2 Å². The minimum absolute atomic E-state index is 0.00963. The second kappa shape index (κ2) is 5.92. The Balaban J connectivity index is 2.03. The van der Waals surface area contributed by atoms with Gasteiger partial charge in [0.1, 0.15) is 0 Å². The van der Waals surface area contributed by atoms with Crippen LogP contribution in [0.25, 0.3) is 11.6 Å². The lowest BCUT2D eigenvalue weighted by atomic mass is 10.0. The fourth-order valence-electron chi connectivity index (χ4n) is 2.28. The van der Waals surface area contributed by atoms with Crippen molar-refractivity contribution < 1.29 is 29.2 Å². The number of carboxylic acid groups (broad SMARTS) is 1. The van der Waals surface area contributed by atoms with Crippen molar-refractivity contribution >= 4 is 17.6 Å². The van der Waals surface area contributed by atoms with Crippen LogP contribution in [0.15, 0.2) is 36.4 Å². The van der Waals surface area contributed by atoms with Gasteiger partial charge in [0.2, 0.25) is 6.79 Å². The van der Waals surface area contributed by atoms with Gasteiger partial charge in [-0.2, -0.15) is 0 Å². The molecule has 2 aromatic rings. The molecule has 1 aliphatic heterocycles. The zero-order valence-corrected chi connectivity index (χ0v) is 12.3. The normalized spacial score (nSPS) is 13.0. The monoisotopic (exact) mass is 314 g/mol. The second-order valence-corrected chi connectivity index (χ2v) is 4.86. The van der Waals surface area contributed by atoms with Gasteiger partial charge < -0.3 is 24.4 Å².